The van der Waals surface area contributed by atoms with Gasteiger partial charge in [0.2, 0.25) is 0 Å². The van der Waals surface area contributed by atoms with Crippen molar-refractivity contribution in [3.8, 4) is 11.8 Å². The summed E-state index contributed by atoms with van der Waals surface area (Å²) in [5.41, 5.74) is 5.87. The maximum absolute atomic E-state index is 12.2. The van der Waals surface area contributed by atoms with Gasteiger partial charge < -0.3 is 30.9 Å². The predicted molar refractivity (Wildman–Crippen MR) is 94.3 cm³/mol. The first-order valence-corrected chi connectivity index (χ1v) is 8.18. The van der Waals surface area contributed by atoms with Gasteiger partial charge in [-0.25, -0.2) is 4.79 Å². The first-order chi connectivity index (χ1) is 12.9. The lowest BCUT2D eigenvalue weighted by molar-refractivity contribution is -0.252. The number of hydrogen-bond donors (Lipinski definition) is 5. The third kappa shape index (κ3) is 3.85. The third-order valence-corrected chi connectivity index (χ3v) is 4.24. The van der Waals surface area contributed by atoms with Crippen LogP contribution in [0.25, 0.3) is 0 Å². The molecule has 1 aliphatic rings. The Morgan fingerprint density at radius 2 is 1.81 bits per heavy atom. The quantitative estimate of drug-likeness (QED) is 0.387. The van der Waals surface area contributed by atoms with Crippen LogP contribution in [0.2, 0.25) is 0 Å². The van der Waals surface area contributed by atoms with E-state index in [9.17, 15) is 25.2 Å². The molecule has 1 saturated heterocycles. The Kier molecular flexibility index (Phi) is 5.55. The van der Waals surface area contributed by atoms with Gasteiger partial charge in [-0.3, -0.25) is 4.57 Å². The Morgan fingerprint density at radius 1 is 1.11 bits per heavy atom. The molecule has 0 saturated carbocycles. The number of ether oxygens (including phenoxy) is 1. The standard InChI is InChI=1S/C18H19N3O6/c19-16-11(7-6-10-4-2-1-3-5-10)8-21(18(26)20-16)17-15(25)14(24)13(23)12(9-22)27-17/h1-5,8,12-15,17,22-25H,9H2,(H2,19,20,26)/t12-,13-,14+,15-,17-/m1/s1. The third-order valence-electron chi connectivity index (χ3n) is 4.24. The molecule has 9 nitrogen and oxygen atoms in total. The minimum absolute atomic E-state index is 0.0933. The summed E-state index contributed by atoms with van der Waals surface area (Å²) in [7, 11) is 0. The molecule has 0 radical (unpaired) electrons. The molecule has 0 bridgehead atoms. The van der Waals surface area contributed by atoms with Crippen molar-refractivity contribution >= 4 is 5.82 Å². The Hall–Kier alpha value is -2.74. The van der Waals surface area contributed by atoms with Gasteiger partial charge in [0, 0.05) is 11.8 Å². The normalized spacial score (nSPS) is 27.6. The van der Waals surface area contributed by atoms with Gasteiger partial charge in [-0.05, 0) is 12.1 Å². The van der Waals surface area contributed by atoms with Crippen LogP contribution < -0.4 is 11.4 Å². The first kappa shape index (κ1) is 19.0. The number of nitrogen functional groups attached to an aromatic ring is 1. The molecule has 5 atom stereocenters. The molecule has 0 unspecified atom stereocenters. The Morgan fingerprint density at radius 3 is 2.48 bits per heavy atom. The van der Waals surface area contributed by atoms with E-state index in [-0.39, 0.29) is 11.4 Å². The summed E-state index contributed by atoms with van der Waals surface area (Å²) in [6, 6.07) is 9.08. The summed E-state index contributed by atoms with van der Waals surface area (Å²) in [6.45, 7) is -0.612. The summed E-state index contributed by atoms with van der Waals surface area (Å²) in [5, 5.41) is 39.3. The van der Waals surface area contributed by atoms with Crippen molar-refractivity contribution in [2.24, 2.45) is 0 Å². The van der Waals surface area contributed by atoms with E-state index >= 15 is 0 Å². The number of nitrogens with two attached hydrogens (primary N) is 1. The number of aliphatic hydroxyl groups is 4. The second kappa shape index (κ2) is 7.87. The highest BCUT2D eigenvalue weighted by Crippen LogP contribution is 2.27. The van der Waals surface area contributed by atoms with Crippen molar-refractivity contribution in [1.29, 1.82) is 0 Å². The van der Waals surface area contributed by atoms with E-state index in [0.29, 0.717) is 0 Å². The van der Waals surface area contributed by atoms with Crippen LogP contribution in [0, 0.1) is 11.8 Å². The monoisotopic (exact) mass is 373 g/mol. The summed E-state index contributed by atoms with van der Waals surface area (Å²) in [6.07, 6.45) is -6.05. The van der Waals surface area contributed by atoms with Crippen LogP contribution >= 0.6 is 0 Å². The van der Waals surface area contributed by atoms with Gasteiger partial charge in [0.05, 0.1) is 12.2 Å². The molecular weight excluding hydrogens is 354 g/mol. The van der Waals surface area contributed by atoms with E-state index in [1.54, 1.807) is 12.1 Å². The first-order valence-electron chi connectivity index (χ1n) is 8.18. The van der Waals surface area contributed by atoms with Crippen molar-refractivity contribution < 1.29 is 25.2 Å². The minimum atomic E-state index is -1.62. The fourth-order valence-corrected chi connectivity index (χ4v) is 2.73. The zero-order valence-electron chi connectivity index (χ0n) is 14.1. The number of nitrogens with zero attached hydrogens (tertiary/aromatic N) is 2. The van der Waals surface area contributed by atoms with Crippen LogP contribution in [0.4, 0.5) is 5.82 Å². The fraction of sp³-hybridized carbons (Fsp3) is 0.333. The van der Waals surface area contributed by atoms with Crippen LogP contribution in [0.5, 0.6) is 0 Å². The maximum atomic E-state index is 12.2. The number of anilines is 1. The highest BCUT2D eigenvalue weighted by molar-refractivity contribution is 5.51. The molecule has 1 fully saturated rings. The van der Waals surface area contributed by atoms with Gasteiger partial charge in [-0.15, -0.1) is 0 Å². The summed E-state index contributed by atoms with van der Waals surface area (Å²) in [5.74, 6) is 5.59. The van der Waals surface area contributed by atoms with Gasteiger partial charge in [0.1, 0.15) is 30.2 Å². The average molecular weight is 373 g/mol. The smallest absolute Gasteiger partial charge is 0.351 e. The van der Waals surface area contributed by atoms with E-state index in [4.69, 9.17) is 10.5 Å². The Balaban J connectivity index is 1.99. The predicted octanol–water partition coefficient (Wildman–Crippen LogP) is -1.80. The highest BCUT2D eigenvalue weighted by atomic mass is 16.6. The largest absolute Gasteiger partial charge is 0.394 e. The molecule has 2 heterocycles. The number of aromatic nitrogens is 2. The number of aliphatic hydroxyl groups excluding tert-OH is 4. The molecule has 6 N–H and O–H groups in total. The summed E-state index contributed by atoms with van der Waals surface area (Å²) < 4.78 is 6.30. The van der Waals surface area contributed by atoms with Crippen molar-refractivity contribution in [2.45, 2.75) is 30.6 Å². The molecule has 0 aliphatic carbocycles. The number of rotatable bonds is 2. The zero-order chi connectivity index (χ0) is 19.6. The zero-order valence-corrected chi connectivity index (χ0v) is 14.1. The van der Waals surface area contributed by atoms with Crippen molar-refractivity contribution in [3.05, 3.63) is 58.1 Å². The fourth-order valence-electron chi connectivity index (χ4n) is 2.73. The van der Waals surface area contributed by atoms with Crippen LogP contribution in [-0.4, -0.2) is 61.0 Å². The second-order valence-electron chi connectivity index (χ2n) is 6.07. The van der Waals surface area contributed by atoms with Gasteiger partial charge in [0.15, 0.2) is 6.23 Å². The maximum Gasteiger partial charge on any atom is 0.351 e. The minimum Gasteiger partial charge on any atom is -0.394 e. The molecule has 1 aromatic heterocycles. The van der Waals surface area contributed by atoms with E-state index < -0.39 is 42.9 Å². The number of hydrogen-bond acceptors (Lipinski definition) is 8. The van der Waals surface area contributed by atoms with Gasteiger partial charge >= 0.3 is 5.69 Å². The lowest BCUT2D eigenvalue weighted by atomic mass is 9.98. The lowest BCUT2D eigenvalue weighted by Crippen LogP contribution is -2.57. The van der Waals surface area contributed by atoms with Gasteiger partial charge in [-0.1, -0.05) is 30.0 Å². The molecule has 1 aliphatic heterocycles. The summed E-state index contributed by atoms with van der Waals surface area (Å²) >= 11 is 0. The van der Waals surface area contributed by atoms with Crippen molar-refractivity contribution in [2.75, 3.05) is 12.3 Å². The van der Waals surface area contributed by atoms with Crippen LogP contribution in [-0.2, 0) is 4.74 Å². The lowest BCUT2D eigenvalue weighted by Gasteiger charge is -2.40. The van der Waals surface area contributed by atoms with Crippen LogP contribution in [0.15, 0.2) is 41.3 Å². The molecule has 1 aromatic carbocycles. The SMILES string of the molecule is Nc1nc(=O)n([C@@H]2O[C@H](CO)[C@@H](O)[C@H](O)[C@H]2O)cc1C#Cc1ccccc1. The molecular formula is C18H19N3O6. The van der Waals surface area contributed by atoms with E-state index in [2.05, 4.69) is 16.8 Å². The molecule has 142 valence electrons. The van der Waals surface area contributed by atoms with E-state index in [1.165, 1.54) is 6.20 Å². The van der Waals surface area contributed by atoms with Crippen LogP contribution in [0.1, 0.15) is 17.4 Å². The Labute approximate surface area is 154 Å². The second-order valence-corrected chi connectivity index (χ2v) is 6.07. The topological polar surface area (TPSA) is 151 Å². The highest BCUT2D eigenvalue weighted by Gasteiger charge is 2.44. The van der Waals surface area contributed by atoms with E-state index in [1.807, 2.05) is 18.2 Å². The average Bonchev–Trinajstić information content (AvgIpc) is 2.67. The van der Waals surface area contributed by atoms with Gasteiger partial charge in [0.25, 0.3) is 0 Å². The number of benzene rings is 1. The Bertz CT molecular complexity index is 918. The molecule has 0 spiro atoms. The van der Waals surface area contributed by atoms with E-state index in [0.717, 1.165) is 10.1 Å². The van der Waals surface area contributed by atoms with Crippen molar-refractivity contribution in [1.82, 2.24) is 9.55 Å². The van der Waals surface area contributed by atoms with Gasteiger partial charge in [-0.2, -0.15) is 4.98 Å². The molecule has 9 heteroatoms. The molecule has 0 amide bonds. The molecule has 2 aromatic rings. The van der Waals surface area contributed by atoms with Crippen molar-refractivity contribution in [3.63, 3.8) is 0 Å². The van der Waals surface area contributed by atoms with Crippen LogP contribution in [0.3, 0.4) is 0 Å². The molecule has 3 rings (SSSR count). The molecule has 27 heavy (non-hydrogen) atoms. The summed E-state index contributed by atoms with van der Waals surface area (Å²) in [4.78, 5) is 15.9.